The zero-order chi connectivity index (χ0) is 19.2. The summed E-state index contributed by atoms with van der Waals surface area (Å²) in [6.07, 6.45) is 0. The average molecular weight is 430 g/mol. The summed E-state index contributed by atoms with van der Waals surface area (Å²) >= 11 is 3.26. The predicted molar refractivity (Wildman–Crippen MR) is 109 cm³/mol. The van der Waals surface area contributed by atoms with Crippen molar-refractivity contribution in [2.45, 2.75) is 71.4 Å². The Kier molecular flexibility index (Phi) is 8.81. The summed E-state index contributed by atoms with van der Waals surface area (Å²) < 4.78 is 12.2. The van der Waals surface area contributed by atoms with Gasteiger partial charge in [-0.25, -0.2) is 0 Å². The highest BCUT2D eigenvalue weighted by molar-refractivity contribution is 9.09. The van der Waals surface area contributed by atoms with Crippen LogP contribution >= 0.6 is 15.9 Å². The van der Waals surface area contributed by atoms with Crippen molar-refractivity contribution in [2.75, 3.05) is 5.52 Å². The number of alkyl halides is 1. The number of amides is 1. The van der Waals surface area contributed by atoms with Crippen molar-refractivity contribution in [1.29, 1.82) is 0 Å². The molecule has 0 fully saturated rings. The van der Waals surface area contributed by atoms with Gasteiger partial charge in [-0.2, -0.15) is 0 Å². The second-order valence-corrected chi connectivity index (χ2v) is 13.3. The van der Waals surface area contributed by atoms with Crippen LogP contribution in [-0.4, -0.2) is 19.7 Å². The van der Waals surface area contributed by atoms with Gasteiger partial charge in [0.1, 0.15) is 5.52 Å². The third kappa shape index (κ3) is 5.15. The summed E-state index contributed by atoms with van der Waals surface area (Å²) in [5.41, 5.74) is 9.79. The van der Waals surface area contributed by atoms with Crippen LogP contribution in [0.15, 0.2) is 18.2 Å². The Morgan fingerprint density at radius 3 is 2.08 bits per heavy atom. The number of carbonyl (C=O) groups is 1. The fraction of sp³-hybridized carbons (Fsp3) is 0.632. The molecule has 0 heterocycles. The van der Waals surface area contributed by atoms with E-state index in [1.807, 2.05) is 12.1 Å². The predicted octanol–water partition coefficient (Wildman–Crippen LogP) is 5.35. The van der Waals surface area contributed by atoms with E-state index in [4.69, 9.17) is 14.9 Å². The Morgan fingerprint density at radius 1 is 1.08 bits per heavy atom. The van der Waals surface area contributed by atoms with Gasteiger partial charge in [-0.3, -0.25) is 4.79 Å². The lowest BCUT2D eigenvalue weighted by atomic mass is 10.0. The molecule has 0 saturated heterocycles. The number of ether oxygens (including phenoxy) is 1. The van der Waals surface area contributed by atoms with Crippen LogP contribution in [0.5, 0.6) is 0 Å². The first kappa shape index (κ1) is 22.3. The maximum Gasteiger partial charge on any atom is 0.249 e. The van der Waals surface area contributed by atoms with Crippen LogP contribution < -0.4 is 5.73 Å². The van der Waals surface area contributed by atoms with Crippen LogP contribution in [0.3, 0.4) is 0 Å². The van der Waals surface area contributed by atoms with Gasteiger partial charge >= 0.3 is 0 Å². The molecule has 0 bridgehead atoms. The smallest absolute Gasteiger partial charge is 0.249 e. The summed E-state index contributed by atoms with van der Waals surface area (Å²) in [7, 11) is -1.98. The lowest BCUT2D eigenvalue weighted by molar-refractivity contribution is 0.0994. The van der Waals surface area contributed by atoms with Crippen molar-refractivity contribution in [3.05, 3.63) is 34.9 Å². The van der Waals surface area contributed by atoms with Gasteiger partial charge in [0, 0.05) is 5.56 Å². The first-order valence-electron chi connectivity index (χ1n) is 8.86. The third-order valence-electron chi connectivity index (χ3n) is 5.05. The molecule has 0 aliphatic rings. The van der Waals surface area contributed by atoms with Crippen molar-refractivity contribution in [3.8, 4) is 0 Å². The average Bonchev–Trinajstić information content (AvgIpc) is 2.52. The highest BCUT2D eigenvalue weighted by Gasteiger charge is 2.45. The molecule has 1 aromatic carbocycles. The minimum absolute atomic E-state index is 0.336. The molecule has 1 rings (SSSR count). The molecule has 0 saturated carbocycles. The van der Waals surface area contributed by atoms with Crippen molar-refractivity contribution in [3.63, 3.8) is 0 Å². The van der Waals surface area contributed by atoms with Gasteiger partial charge in [0.25, 0.3) is 0 Å². The lowest BCUT2D eigenvalue weighted by Gasteiger charge is -2.42. The standard InChI is InChI=1S/C19H32BrNO3Si/c1-13(2)25(14(3)4,15(5)6)24-10-16-8-7-9-17(19(21)22)18(16)11-23-12-20/h7-9,13-15H,10-12H2,1-6H3,(H2,21,22). The number of hydrogen-bond donors (Lipinski definition) is 1. The normalized spacial score (nSPS) is 12.4. The van der Waals surface area contributed by atoms with E-state index in [1.165, 1.54) is 0 Å². The van der Waals surface area contributed by atoms with Crippen LogP contribution in [0, 0.1) is 0 Å². The molecule has 0 atom stereocenters. The number of carbonyl (C=O) groups excluding carboxylic acids is 1. The Balaban J connectivity index is 3.20. The fourth-order valence-corrected chi connectivity index (χ4v) is 9.58. The maximum atomic E-state index is 11.8. The highest BCUT2D eigenvalue weighted by Crippen LogP contribution is 2.42. The van der Waals surface area contributed by atoms with E-state index in [1.54, 1.807) is 6.07 Å². The minimum atomic E-state index is -1.98. The van der Waals surface area contributed by atoms with E-state index in [-0.39, 0.29) is 0 Å². The zero-order valence-electron chi connectivity index (χ0n) is 16.3. The van der Waals surface area contributed by atoms with E-state index in [2.05, 4.69) is 57.5 Å². The molecule has 0 radical (unpaired) electrons. The van der Waals surface area contributed by atoms with Gasteiger partial charge in [-0.1, -0.05) is 69.6 Å². The molecule has 1 aromatic rings. The van der Waals surface area contributed by atoms with Crippen LogP contribution in [-0.2, 0) is 22.4 Å². The minimum Gasteiger partial charge on any atom is -0.412 e. The maximum absolute atomic E-state index is 11.8. The van der Waals surface area contributed by atoms with Gasteiger partial charge in [0.05, 0.1) is 13.2 Å². The molecular weight excluding hydrogens is 398 g/mol. The molecule has 1 amide bonds. The molecule has 142 valence electrons. The van der Waals surface area contributed by atoms with Gasteiger partial charge < -0.3 is 14.9 Å². The second-order valence-electron chi connectivity index (χ2n) is 7.37. The van der Waals surface area contributed by atoms with Crippen LogP contribution in [0.2, 0.25) is 16.6 Å². The van der Waals surface area contributed by atoms with Crippen molar-refractivity contribution < 1.29 is 14.0 Å². The van der Waals surface area contributed by atoms with E-state index >= 15 is 0 Å². The van der Waals surface area contributed by atoms with Crippen molar-refractivity contribution in [1.82, 2.24) is 0 Å². The quantitative estimate of drug-likeness (QED) is 0.402. The Labute approximate surface area is 161 Å². The monoisotopic (exact) mass is 429 g/mol. The number of halogens is 1. The number of primary amides is 1. The summed E-state index contributed by atoms with van der Waals surface area (Å²) in [5, 5.41) is 0. The molecule has 0 spiro atoms. The number of hydrogen-bond acceptors (Lipinski definition) is 3. The molecule has 25 heavy (non-hydrogen) atoms. The van der Waals surface area contributed by atoms with E-state index in [9.17, 15) is 4.79 Å². The van der Waals surface area contributed by atoms with E-state index in [0.717, 1.165) is 11.1 Å². The lowest BCUT2D eigenvalue weighted by Crippen LogP contribution is -2.47. The summed E-state index contributed by atoms with van der Waals surface area (Å²) in [5.74, 6) is -0.435. The van der Waals surface area contributed by atoms with Crippen LogP contribution in [0.4, 0.5) is 0 Å². The topological polar surface area (TPSA) is 61.5 Å². The second kappa shape index (κ2) is 9.85. The van der Waals surface area contributed by atoms with E-state index in [0.29, 0.717) is 40.9 Å². The molecule has 4 nitrogen and oxygen atoms in total. The highest BCUT2D eigenvalue weighted by atomic mass is 79.9. The molecule has 0 aromatic heterocycles. The van der Waals surface area contributed by atoms with Crippen LogP contribution in [0.25, 0.3) is 0 Å². The summed E-state index contributed by atoms with van der Waals surface area (Å²) in [6, 6.07) is 5.61. The molecule has 0 unspecified atom stereocenters. The van der Waals surface area contributed by atoms with E-state index < -0.39 is 14.2 Å². The third-order valence-corrected chi connectivity index (χ3v) is 11.4. The summed E-state index contributed by atoms with van der Waals surface area (Å²) in [6.45, 7) is 14.4. The van der Waals surface area contributed by atoms with Gasteiger partial charge in [0.15, 0.2) is 0 Å². The zero-order valence-corrected chi connectivity index (χ0v) is 18.9. The number of benzene rings is 1. The fourth-order valence-electron chi connectivity index (χ4n) is 4.01. The van der Waals surface area contributed by atoms with Crippen molar-refractivity contribution >= 4 is 30.2 Å². The van der Waals surface area contributed by atoms with Crippen molar-refractivity contribution in [2.24, 2.45) is 5.73 Å². The number of rotatable bonds is 10. The SMILES string of the molecule is CC(C)[Si](OCc1cccc(C(N)=O)c1COCBr)(C(C)C)C(C)C. The van der Waals surface area contributed by atoms with Crippen LogP contribution in [0.1, 0.15) is 63.0 Å². The Bertz CT molecular complexity index is 554. The Hall–Kier alpha value is -0.693. The van der Waals surface area contributed by atoms with Gasteiger partial charge in [-0.05, 0) is 33.8 Å². The summed E-state index contributed by atoms with van der Waals surface area (Å²) in [4.78, 5) is 11.8. The van der Waals surface area contributed by atoms with Gasteiger partial charge in [0.2, 0.25) is 14.2 Å². The number of nitrogens with two attached hydrogens (primary N) is 1. The molecule has 6 heteroatoms. The molecular formula is C19H32BrNO3Si. The Morgan fingerprint density at radius 2 is 1.64 bits per heavy atom. The molecule has 2 N–H and O–H groups in total. The molecule has 0 aliphatic heterocycles. The first-order valence-corrected chi connectivity index (χ1v) is 12.1. The van der Waals surface area contributed by atoms with Gasteiger partial charge in [-0.15, -0.1) is 0 Å². The first-order chi connectivity index (χ1) is 11.7. The largest absolute Gasteiger partial charge is 0.412 e. The molecule has 0 aliphatic carbocycles.